The van der Waals surface area contributed by atoms with Crippen molar-refractivity contribution in [3.63, 3.8) is 0 Å². The Labute approximate surface area is 137 Å². The number of hydrogen-bond donors (Lipinski definition) is 2. The van der Waals surface area contributed by atoms with E-state index in [1.165, 1.54) is 0 Å². The number of aromatic nitrogens is 2. The standard InChI is InChI=1S/C15H19BrN4O2/c1-15(17,11-3-5-12(16)6-4-11)14(21)19-13-9-18-20(10-13)7-8-22-2/h3-6,9-10H,7-8,17H2,1-2H3,(H,19,21). The third-order valence-corrected chi connectivity index (χ3v) is 3.86. The largest absolute Gasteiger partial charge is 0.383 e. The molecule has 2 aromatic rings. The Kier molecular flexibility index (Phi) is 5.33. The molecule has 3 N–H and O–H groups in total. The van der Waals surface area contributed by atoms with Crippen molar-refractivity contribution in [2.45, 2.75) is 19.0 Å². The van der Waals surface area contributed by atoms with Crippen molar-refractivity contribution in [1.29, 1.82) is 0 Å². The number of nitrogens with one attached hydrogen (secondary N) is 1. The molecule has 1 amide bonds. The third kappa shape index (κ3) is 3.94. The molecule has 0 aliphatic carbocycles. The number of nitrogens with zero attached hydrogens (tertiary/aromatic N) is 2. The van der Waals surface area contributed by atoms with E-state index >= 15 is 0 Å². The molecule has 1 atom stereocenters. The predicted molar refractivity (Wildman–Crippen MR) is 88.4 cm³/mol. The topological polar surface area (TPSA) is 82.2 Å². The highest BCUT2D eigenvalue weighted by molar-refractivity contribution is 9.10. The zero-order valence-electron chi connectivity index (χ0n) is 12.5. The van der Waals surface area contributed by atoms with E-state index in [4.69, 9.17) is 10.5 Å². The van der Waals surface area contributed by atoms with Crippen molar-refractivity contribution in [1.82, 2.24) is 9.78 Å². The highest BCUT2D eigenvalue weighted by atomic mass is 79.9. The number of rotatable bonds is 6. The number of halogens is 1. The number of carbonyl (C=O) groups is 1. The number of anilines is 1. The molecule has 0 radical (unpaired) electrons. The summed E-state index contributed by atoms with van der Waals surface area (Å²) in [6.07, 6.45) is 3.33. The van der Waals surface area contributed by atoms with Gasteiger partial charge in [0, 0.05) is 17.8 Å². The summed E-state index contributed by atoms with van der Waals surface area (Å²) < 4.78 is 7.62. The molecule has 2 rings (SSSR count). The van der Waals surface area contributed by atoms with E-state index in [9.17, 15) is 4.79 Å². The highest BCUT2D eigenvalue weighted by Crippen LogP contribution is 2.22. The minimum absolute atomic E-state index is 0.291. The van der Waals surface area contributed by atoms with E-state index in [0.717, 1.165) is 10.0 Å². The maximum Gasteiger partial charge on any atom is 0.248 e. The zero-order valence-corrected chi connectivity index (χ0v) is 14.1. The Morgan fingerprint density at radius 1 is 1.45 bits per heavy atom. The molecule has 0 saturated carbocycles. The molecule has 1 aromatic heterocycles. The van der Waals surface area contributed by atoms with Crippen molar-refractivity contribution in [2.24, 2.45) is 5.73 Å². The van der Waals surface area contributed by atoms with Crippen LogP contribution in [0.15, 0.2) is 41.1 Å². The lowest BCUT2D eigenvalue weighted by Gasteiger charge is -2.23. The predicted octanol–water partition coefficient (Wildman–Crippen LogP) is 2.10. The van der Waals surface area contributed by atoms with Crippen LogP contribution < -0.4 is 11.1 Å². The lowest BCUT2D eigenvalue weighted by Crippen LogP contribution is -2.45. The Morgan fingerprint density at radius 2 is 2.14 bits per heavy atom. The minimum atomic E-state index is -1.13. The smallest absolute Gasteiger partial charge is 0.248 e. The molecule has 118 valence electrons. The summed E-state index contributed by atoms with van der Waals surface area (Å²) in [5.41, 5.74) is 6.40. The van der Waals surface area contributed by atoms with Gasteiger partial charge in [-0.3, -0.25) is 9.48 Å². The SMILES string of the molecule is COCCn1cc(NC(=O)C(C)(N)c2ccc(Br)cc2)cn1. The molecule has 0 fully saturated rings. The first-order chi connectivity index (χ1) is 10.4. The van der Waals surface area contributed by atoms with Crippen LogP contribution in [0.4, 0.5) is 5.69 Å². The van der Waals surface area contributed by atoms with Crippen molar-refractivity contribution >= 4 is 27.5 Å². The Bertz CT molecular complexity index is 637. The van der Waals surface area contributed by atoms with Gasteiger partial charge in [0.1, 0.15) is 5.54 Å². The molecule has 1 unspecified atom stereocenters. The fourth-order valence-corrected chi connectivity index (χ4v) is 2.19. The van der Waals surface area contributed by atoms with Gasteiger partial charge in [0.25, 0.3) is 0 Å². The average molecular weight is 367 g/mol. The van der Waals surface area contributed by atoms with Crippen LogP contribution in [-0.2, 0) is 21.6 Å². The number of amides is 1. The number of nitrogens with two attached hydrogens (primary N) is 1. The summed E-state index contributed by atoms with van der Waals surface area (Å²) in [6.45, 7) is 2.86. The van der Waals surface area contributed by atoms with Gasteiger partial charge in [-0.05, 0) is 24.6 Å². The van der Waals surface area contributed by atoms with Gasteiger partial charge in [0.15, 0.2) is 0 Å². The van der Waals surface area contributed by atoms with Crippen LogP contribution in [-0.4, -0.2) is 29.4 Å². The minimum Gasteiger partial charge on any atom is -0.383 e. The molecule has 6 nitrogen and oxygen atoms in total. The second-order valence-corrected chi connectivity index (χ2v) is 6.06. The molecule has 0 aliphatic rings. The molecule has 22 heavy (non-hydrogen) atoms. The van der Waals surface area contributed by atoms with Crippen molar-refractivity contribution in [3.05, 3.63) is 46.7 Å². The number of ether oxygens (including phenoxy) is 1. The molecule has 0 spiro atoms. The fourth-order valence-electron chi connectivity index (χ4n) is 1.92. The van der Waals surface area contributed by atoms with Crippen LogP contribution >= 0.6 is 15.9 Å². The number of benzene rings is 1. The summed E-state index contributed by atoms with van der Waals surface area (Å²) in [6, 6.07) is 7.37. The van der Waals surface area contributed by atoms with Crippen LogP contribution in [0.5, 0.6) is 0 Å². The average Bonchev–Trinajstić information content (AvgIpc) is 2.93. The molecule has 1 aromatic carbocycles. The quantitative estimate of drug-likeness (QED) is 0.819. The van der Waals surface area contributed by atoms with Gasteiger partial charge in [-0.2, -0.15) is 5.10 Å². The van der Waals surface area contributed by atoms with E-state index < -0.39 is 5.54 Å². The highest BCUT2D eigenvalue weighted by Gasteiger charge is 2.30. The molecule has 1 heterocycles. The van der Waals surface area contributed by atoms with Crippen LogP contribution in [0.3, 0.4) is 0 Å². The molecular formula is C15H19BrN4O2. The third-order valence-electron chi connectivity index (χ3n) is 3.33. The molecular weight excluding hydrogens is 348 g/mol. The Balaban J connectivity index is 2.07. The van der Waals surface area contributed by atoms with Crippen LogP contribution in [0, 0.1) is 0 Å². The Morgan fingerprint density at radius 3 is 2.77 bits per heavy atom. The maximum absolute atomic E-state index is 12.4. The first-order valence-corrected chi connectivity index (χ1v) is 7.60. The first kappa shape index (κ1) is 16.7. The second-order valence-electron chi connectivity index (χ2n) is 5.15. The molecule has 0 bridgehead atoms. The van der Waals surface area contributed by atoms with Crippen molar-refractivity contribution in [2.75, 3.05) is 19.0 Å². The van der Waals surface area contributed by atoms with E-state index in [1.807, 2.05) is 24.3 Å². The van der Waals surface area contributed by atoms with Gasteiger partial charge in [-0.15, -0.1) is 0 Å². The van der Waals surface area contributed by atoms with Crippen molar-refractivity contribution < 1.29 is 9.53 Å². The lowest BCUT2D eigenvalue weighted by atomic mass is 9.92. The number of methoxy groups -OCH3 is 1. The van der Waals surface area contributed by atoms with Crippen molar-refractivity contribution in [3.8, 4) is 0 Å². The van der Waals surface area contributed by atoms with Gasteiger partial charge >= 0.3 is 0 Å². The Hall–Kier alpha value is -1.70. The van der Waals surface area contributed by atoms with Crippen LogP contribution in [0.1, 0.15) is 12.5 Å². The summed E-state index contributed by atoms with van der Waals surface area (Å²) in [5, 5.41) is 6.94. The normalized spacial score (nSPS) is 13.6. The maximum atomic E-state index is 12.4. The van der Waals surface area contributed by atoms with Gasteiger partial charge in [-0.25, -0.2) is 0 Å². The number of carbonyl (C=O) groups excluding carboxylic acids is 1. The molecule has 0 aliphatic heterocycles. The van der Waals surface area contributed by atoms with Crippen LogP contribution in [0.2, 0.25) is 0 Å². The zero-order chi connectivity index (χ0) is 16.2. The van der Waals surface area contributed by atoms with E-state index in [1.54, 1.807) is 31.1 Å². The van der Waals surface area contributed by atoms with Gasteiger partial charge in [0.05, 0.1) is 25.0 Å². The monoisotopic (exact) mass is 366 g/mol. The molecule has 7 heteroatoms. The first-order valence-electron chi connectivity index (χ1n) is 6.81. The summed E-state index contributed by atoms with van der Waals surface area (Å²) >= 11 is 3.36. The summed E-state index contributed by atoms with van der Waals surface area (Å²) in [4.78, 5) is 12.4. The van der Waals surface area contributed by atoms with E-state index in [0.29, 0.717) is 18.8 Å². The van der Waals surface area contributed by atoms with E-state index in [-0.39, 0.29) is 5.91 Å². The van der Waals surface area contributed by atoms with Gasteiger partial charge < -0.3 is 15.8 Å². The van der Waals surface area contributed by atoms with E-state index in [2.05, 4.69) is 26.3 Å². The summed E-state index contributed by atoms with van der Waals surface area (Å²) in [5.74, 6) is -0.291. The molecule has 0 saturated heterocycles. The lowest BCUT2D eigenvalue weighted by molar-refractivity contribution is -0.120. The number of hydrogen-bond acceptors (Lipinski definition) is 4. The second kappa shape index (κ2) is 7.04. The van der Waals surface area contributed by atoms with Crippen LogP contribution in [0.25, 0.3) is 0 Å². The van der Waals surface area contributed by atoms with Gasteiger partial charge in [-0.1, -0.05) is 28.1 Å². The van der Waals surface area contributed by atoms with Gasteiger partial charge in [0.2, 0.25) is 5.91 Å². The summed E-state index contributed by atoms with van der Waals surface area (Å²) in [7, 11) is 1.63. The fraction of sp³-hybridized carbons (Fsp3) is 0.333.